The number of carbonyl (C=O) groups excluding carboxylic acids is 1. The van der Waals surface area contributed by atoms with Crippen LogP contribution in [0.25, 0.3) is 0 Å². The van der Waals surface area contributed by atoms with Crippen LogP contribution in [-0.2, 0) is 23.7 Å². The van der Waals surface area contributed by atoms with Crippen molar-refractivity contribution in [3.05, 3.63) is 0 Å². The van der Waals surface area contributed by atoms with Crippen molar-refractivity contribution in [1.29, 1.82) is 0 Å². The molecule has 1 rings (SSSR count). The summed E-state index contributed by atoms with van der Waals surface area (Å²) in [7, 11) is 0. The first-order chi connectivity index (χ1) is 15.9. The maximum absolute atomic E-state index is 11.9. The minimum atomic E-state index is -1.52. The van der Waals surface area contributed by atoms with Crippen LogP contribution in [0.2, 0.25) is 0 Å². The zero-order valence-corrected chi connectivity index (χ0v) is 20.4. The molecule has 4 N–H and O–H groups in total. The van der Waals surface area contributed by atoms with E-state index in [1.54, 1.807) is 0 Å². The Labute approximate surface area is 198 Å². The second kappa shape index (κ2) is 18.5. The quantitative estimate of drug-likeness (QED) is 0.162. The van der Waals surface area contributed by atoms with E-state index in [0.717, 1.165) is 12.8 Å². The standard InChI is InChI=1S/C24H46O9/c1-3-5-6-7-8-9-10-11-12-14-30-16-18(32-20(26)13-4-2)17-31-24-23(29)22(28)21(27)19(15-25)33-24/h18-19,21-25,27-29H,3-17H2,1-2H3. The Morgan fingerprint density at radius 3 is 2.09 bits per heavy atom. The number of esters is 1. The number of hydrogen-bond acceptors (Lipinski definition) is 9. The molecule has 33 heavy (non-hydrogen) atoms. The van der Waals surface area contributed by atoms with E-state index in [0.29, 0.717) is 13.0 Å². The van der Waals surface area contributed by atoms with E-state index < -0.39 is 43.4 Å². The van der Waals surface area contributed by atoms with E-state index >= 15 is 0 Å². The highest BCUT2D eigenvalue weighted by molar-refractivity contribution is 5.69. The van der Waals surface area contributed by atoms with Crippen molar-refractivity contribution in [3.8, 4) is 0 Å². The largest absolute Gasteiger partial charge is 0.457 e. The molecule has 1 fully saturated rings. The first kappa shape index (κ1) is 30.2. The molecule has 0 aromatic rings. The van der Waals surface area contributed by atoms with Crippen LogP contribution < -0.4 is 0 Å². The van der Waals surface area contributed by atoms with Crippen molar-refractivity contribution in [2.24, 2.45) is 0 Å². The second-order valence-electron chi connectivity index (χ2n) is 8.80. The van der Waals surface area contributed by atoms with Gasteiger partial charge >= 0.3 is 5.97 Å². The topological polar surface area (TPSA) is 135 Å². The molecule has 1 aliphatic heterocycles. The van der Waals surface area contributed by atoms with E-state index in [2.05, 4.69) is 6.92 Å². The summed E-state index contributed by atoms with van der Waals surface area (Å²) in [6, 6.07) is 0. The molecule has 0 aromatic carbocycles. The summed E-state index contributed by atoms with van der Waals surface area (Å²) in [5.41, 5.74) is 0. The summed E-state index contributed by atoms with van der Waals surface area (Å²) in [5, 5.41) is 39.1. The van der Waals surface area contributed by atoms with Crippen LogP contribution in [0.4, 0.5) is 0 Å². The van der Waals surface area contributed by atoms with Gasteiger partial charge in [-0.05, 0) is 12.8 Å². The van der Waals surface area contributed by atoms with Gasteiger partial charge in [-0.2, -0.15) is 0 Å². The molecule has 9 heteroatoms. The summed E-state index contributed by atoms with van der Waals surface area (Å²) >= 11 is 0. The van der Waals surface area contributed by atoms with E-state index in [-0.39, 0.29) is 25.6 Å². The van der Waals surface area contributed by atoms with Crippen molar-refractivity contribution in [1.82, 2.24) is 0 Å². The number of carbonyl (C=O) groups is 1. The molecule has 6 unspecified atom stereocenters. The number of unbranched alkanes of at least 4 members (excludes halogenated alkanes) is 8. The van der Waals surface area contributed by atoms with E-state index in [4.69, 9.17) is 18.9 Å². The molecule has 6 atom stereocenters. The first-order valence-electron chi connectivity index (χ1n) is 12.6. The van der Waals surface area contributed by atoms with Crippen LogP contribution in [0, 0.1) is 0 Å². The van der Waals surface area contributed by atoms with E-state index in [1.165, 1.54) is 44.9 Å². The zero-order valence-electron chi connectivity index (χ0n) is 20.4. The fraction of sp³-hybridized carbons (Fsp3) is 0.958. The fourth-order valence-corrected chi connectivity index (χ4v) is 3.70. The van der Waals surface area contributed by atoms with Crippen molar-refractivity contribution < 1.29 is 44.2 Å². The molecule has 0 spiro atoms. The predicted octanol–water partition coefficient (Wildman–Crippen LogP) is 2.06. The SMILES string of the molecule is CCCCCCCCCCCOCC(COC1OC(CO)C(O)C(O)C1O)OC(=O)CCC. The van der Waals surface area contributed by atoms with Gasteiger partial charge in [-0.25, -0.2) is 0 Å². The Morgan fingerprint density at radius 1 is 0.848 bits per heavy atom. The highest BCUT2D eigenvalue weighted by Gasteiger charge is 2.44. The normalized spacial score (nSPS) is 26.3. The second-order valence-corrected chi connectivity index (χ2v) is 8.80. The third kappa shape index (κ3) is 12.5. The van der Waals surface area contributed by atoms with Gasteiger partial charge in [0.15, 0.2) is 6.29 Å². The number of aliphatic hydroxyl groups is 4. The summed E-state index contributed by atoms with van der Waals surface area (Å²) in [6.07, 6.45) is 4.36. The molecule has 0 aliphatic carbocycles. The van der Waals surface area contributed by atoms with Crippen LogP contribution in [-0.4, -0.2) is 89.6 Å². The van der Waals surface area contributed by atoms with Crippen LogP contribution >= 0.6 is 0 Å². The highest BCUT2D eigenvalue weighted by Crippen LogP contribution is 2.22. The van der Waals surface area contributed by atoms with Gasteiger partial charge in [0.05, 0.1) is 19.8 Å². The summed E-state index contributed by atoms with van der Waals surface area (Å²) in [6.45, 7) is 4.14. The summed E-state index contributed by atoms with van der Waals surface area (Å²) in [4.78, 5) is 11.9. The fourth-order valence-electron chi connectivity index (χ4n) is 3.70. The minimum Gasteiger partial charge on any atom is -0.457 e. The van der Waals surface area contributed by atoms with E-state index in [1.807, 2.05) is 6.92 Å². The lowest BCUT2D eigenvalue weighted by Gasteiger charge is -2.39. The van der Waals surface area contributed by atoms with Crippen LogP contribution in [0.3, 0.4) is 0 Å². The van der Waals surface area contributed by atoms with Crippen molar-refractivity contribution in [3.63, 3.8) is 0 Å². The predicted molar refractivity (Wildman–Crippen MR) is 123 cm³/mol. The molecule has 196 valence electrons. The number of rotatable bonds is 19. The smallest absolute Gasteiger partial charge is 0.306 e. The maximum Gasteiger partial charge on any atom is 0.306 e. The summed E-state index contributed by atoms with van der Waals surface area (Å²) in [5.74, 6) is -0.369. The molecule has 0 aromatic heterocycles. The molecule has 0 saturated carbocycles. The van der Waals surface area contributed by atoms with Crippen LogP contribution in [0.15, 0.2) is 0 Å². The monoisotopic (exact) mass is 478 g/mol. The average molecular weight is 479 g/mol. The van der Waals surface area contributed by atoms with E-state index in [9.17, 15) is 25.2 Å². The lowest BCUT2D eigenvalue weighted by molar-refractivity contribution is -0.305. The van der Waals surface area contributed by atoms with Crippen LogP contribution in [0.1, 0.15) is 84.5 Å². The molecule has 1 saturated heterocycles. The first-order valence-corrected chi connectivity index (χ1v) is 12.6. The van der Waals surface area contributed by atoms with Crippen molar-refractivity contribution >= 4 is 5.97 Å². The number of ether oxygens (including phenoxy) is 4. The van der Waals surface area contributed by atoms with Gasteiger partial charge in [0.25, 0.3) is 0 Å². The molecule has 0 radical (unpaired) electrons. The number of aliphatic hydroxyl groups excluding tert-OH is 4. The molecule has 0 amide bonds. The van der Waals surface area contributed by atoms with Gasteiger partial charge in [-0.15, -0.1) is 0 Å². The Morgan fingerprint density at radius 2 is 1.48 bits per heavy atom. The lowest BCUT2D eigenvalue weighted by Crippen LogP contribution is -2.59. The van der Waals surface area contributed by atoms with Crippen LogP contribution in [0.5, 0.6) is 0 Å². The molecular weight excluding hydrogens is 432 g/mol. The molecule has 9 nitrogen and oxygen atoms in total. The Balaban J connectivity index is 2.35. The summed E-state index contributed by atoms with van der Waals surface area (Å²) < 4.78 is 22.0. The minimum absolute atomic E-state index is 0.115. The molecular formula is C24H46O9. The average Bonchev–Trinajstić information content (AvgIpc) is 2.80. The Kier molecular flexibility index (Phi) is 17.0. The van der Waals surface area contributed by atoms with Gasteiger partial charge in [0.2, 0.25) is 0 Å². The highest BCUT2D eigenvalue weighted by atomic mass is 16.7. The third-order valence-corrected chi connectivity index (χ3v) is 5.74. The third-order valence-electron chi connectivity index (χ3n) is 5.74. The van der Waals surface area contributed by atoms with Gasteiger partial charge < -0.3 is 39.4 Å². The number of hydrogen-bond donors (Lipinski definition) is 4. The van der Waals surface area contributed by atoms with Crippen molar-refractivity contribution in [2.75, 3.05) is 26.4 Å². The lowest BCUT2D eigenvalue weighted by atomic mass is 9.99. The van der Waals surface area contributed by atoms with Gasteiger partial charge in [0.1, 0.15) is 30.5 Å². The van der Waals surface area contributed by atoms with Gasteiger partial charge in [-0.1, -0.05) is 65.2 Å². The Hall–Kier alpha value is -0.810. The molecule has 1 aliphatic rings. The van der Waals surface area contributed by atoms with Gasteiger partial charge in [-0.3, -0.25) is 4.79 Å². The van der Waals surface area contributed by atoms with Gasteiger partial charge in [0, 0.05) is 13.0 Å². The zero-order chi connectivity index (χ0) is 24.5. The Bertz CT molecular complexity index is 489. The van der Waals surface area contributed by atoms with Crippen molar-refractivity contribution in [2.45, 2.75) is 121 Å². The molecule has 0 bridgehead atoms. The molecule has 1 heterocycles. The maximum atomic E-state index is 11.9.